The average Bonchev–Trinajstić information content (AvgIpc) is 2.48. The summed E-state index contributed by atoms with van der Waals surface area (Å²) in [6.45, 7) is 6.60. The van der Waals surface area contributed by atoms with Gasteiger partial charge >= 0.3 is 0 Å². The summed E-state index contributed by atoms with van der Waals surface area (Å²) in [5, 5.41) is 0. The van der Waals surface area contributed by atoms with Crippen molar-refractivity contribution in [3.05, 3.63) is 6.33 Å². The van der Waals surface area contributed by atoms with E-state index in [0.717, 1.165) is 18.9 Å². The Balaban J connectivity index is 2.14. The third-order valence-corrected chi connectivity index (χ3v) is 4.64. The molecule has 2 rings (SSSR count). The second kappa shape index (κ2) is 5.63. The highest BCUT2D eigenvalue weighted by atomic mass is 16.5. The van der Waals surface area contributed by atoms with Crippen LogP contribution in [0, 0.1) is 5.41 Å². The molecule has 5 nitrogen and oxygen atoms in total. The van der Waals surface area contributed by atoms with E-state index < -0.39 is 0 Å². The van der Waals surface area contributed by atoms with Gasteiger partial charge in [0.25, 0.3) is 0 Å². The number of anilines is 2. The SMILES string of the molecule is CCC1(CC)CCN(c2ncnc(OC)c2N)CC1. The molecule has 1 fully saturated rings. The first-order chi connectivity index (χ1) is 9.15. The lowest BCUT2D eigenvalue weighted by molar-refractivity contribution is 0.199. The Kier molecular flexibility index (Phi) is 4.12. The number of hydrogen-bond donors (Lipinski definition) is 1. The number of nitrogens with zero attached hydrogens (tertiary/aromatic N) is 3. The fourth-order valence-electron chi connectivity index (χ4n) is 2.94. The summed E-state index contributed by atoms with van der Waals surface area (Å²) < 4.78 is 5.16. The first kappa shape index (κ1) is 13.9. The van der Waals surface area contributed by atoms with E-state index in [9.17, 15) is 0 Å². The Morgan fingerprint density at radius 3 is 2.42 bits per heavy atom. The minimum absolute atomic E-state index is 0.466. The van der Waals surface area contributed by atoms with Crippen molar-refractivity contribution < 1.29 is 4.74 Å². The first-order valence-corrected chi connectivity index (χ1v) is 7.05. The van der Waals surface area contributed by atoms with Crippen molar-refractivity contribution in [2.45, 2.75) is 39.5 Å². The fourth-order valence-corrected chi connectivity index (χ4v) is 2.94. The van der Waals surface area contributed by atoms with Gasteiger partial charge in [-0.3, -0.25) is 0 Å². The van der Waals surface area contributed by atoms with Gasteiger partial charge in [-0.15, -0.1) is 0 Å². The molecule has 1 aliphatic heterocycles. The largest absolute Gasteiger partial charge is 0.479 e. The van der Waals surface area contributed by atoms with E-state index in [0.29, 0.717) is 17.0 Å². The molecule has 5 heteroatoms. The Hall–Kier alpha value is -1.52. The lowest BCUT2D eigenvalue weighted by Gasteiger charge is -2.41. The third-order valence-electron chi connectivity index (χ3n) is 4.64. The highest BCUT2D eigenvalue weighted by Gasteiger charge is 2.32. The predicted molar refractivity (Wildman–Crippen MR) is 77.5 cm³/mol. The number of rotatable bonds is 4. The first-order valence-electron chi connectivity index (χ1n) is 7.05. The van der Waals surface area contributed by atoms with Crippen molar-refractivity contribution in [1.82, 2.24) is 9.97 Å². The summed E-state index contributed by atoms with van der Waals surface area (Å²) >= 11 is 0. The zero-order valence-corrected chi connectivity index (χ0v) is 12.1. The summed E-state index contributed by atoms with van der Waals surface area (Å²) in [4.78, 5) is 10.6. The van der Waals surface area contributed by atoms with Crippen LogP contribution in [-0.4, -0.2) is 30.2 Å². The Labute approximate surface area is 115 Å². The zero-order chi connectivity index (χ0) is 13.9. The van der Waals surface area contributed by atoms with Crippen LogP contribution in [0.1, 0.15) is 39.5 Å². The molecule has 1 saturated heterocycles. The maximum absolute atomic E-state index is 6.07. The van der Waals surface area contributed by atoms with Crippen LogP contribution >= 0.6 is 0 Å². The Morgan fingerprint density at radius 1 is 1.26 bits per heavy atom. The number of nitrogen functional groups attached to an aromatic ring is 1. The molecule has 0 amide bonds. The van der Waals surface area contributed by atoms with Crippen molar-refractivity contribution in [2.24, 2.45) is 5.41 Å². The number of nitrogens with two attached hydrogens (primary N) is 1. The third kappa shape index (κ3) is 2.60. The van der Waals surface area contributed by atoms with Gasteiger partial charge in [0.2, 0.25) is 5.88 Å². The van der Waals surface area contributed by atoms with Gasteiger partial charge in [-0.25, -0.2) is 4.98 Å². The van der Waals surface area contributed by atoms with Crippen molar-refractivity contribution in [3.63, 3.8) is 0 Å². The minimum Gasteiger partial charge on any atom is -0.479 e. The number of aromatic nitrogens is 2. The van der Waals surface area contributed by atoms with Crippen LogP contribution in [0.15, 0.2) is 6.33 Å². The molecule has 2 N–H and O–H groups in total. The summed E-state index contributed by atoms with van der Waals surface area (Å²) in [5.41, 5.74) is 7.11. The maximum atomic E-state index is 6.07. The molecule has 0 aromatic carbocycles. The van der Waals surface area contributed by atoms with Crippen LogP contribution in [0.2, 0.25) is 0 Å². The van der Waals surface area contributed by atoms with Gasteiger partial charge < -0.3 is 15.4 Å². The lowest BCUT2D eigenvalue weighted by atomic mass is 9.74. The van der Waals surface area contributed by atoms with E-state index in [1.807, 2.05) is 0 Å². The number of piperidine rings is 1. The minimum atomic E-state index is 0.466. The van der Waals surface area contributed by atoms with Crippen molar-refractivity contribution in [2.75, 3.05) is 30.8 Å². The van der Waals surface area contributed by atoms with E-state index in [-0.39, 0.29) is 0 Å². The van der Waals surface area contributed by atoms with Gasteiger partial charge in [0.15, 0.2) is 5.82 Å². The summed E-state index contributed by atoms with van der Waals surface area (Å²) in [5.74, 6) is 1.28. The highest BCUT2D eigenvalue weighted by Crippen LogP contribution is 2.40. The molecule has 0 atom stereocenters. The smallest absolute Gasteiger partial charge is 0.242 e. The van der Waals surface area contributed by atoms with Crippen molar-refractivity contribution in [3.8, 4) is 5.88 Å². The van der Waals surface area contributed by atoms with Crippen LogP contribution in [0.5, 0.6) is 5.88 Å². The van der Waals surface area contributed by atoms with Gasteiger partial charge in [0.1, 0.15) is 12.0 Å². The molecule has 1 aromatic heterocycles. The van der Waals surface area contributed by atoms with Crippen LogP contribution in [0.4, 0.5) is 11.5 Å². The molecule has 1 aliphatic rings. The second-order valence-corrected chi connectivity index (χ2v) is 5.31. The van der Waals surface area contributed by atoms with Gasteiger partial charge in [0, 0.05) is 13.1 Å². The van der Waals surface area contributed by atoms with Crippen LogP contribution < -0.4 is 15.4 Å². The Morgan fingerprint density at radius 2 is 1.89 bits per heavy atom. The average molecular weight is 264 g/mol. The zero-order valence-electron chi connectivity index (χ0n) is 12.1. The molecular formula is C14H24N4O. The second-order valence-electron chi connectivity index (χ2n) is 5.31. The summed E-state index contributed by atoms with van der Waals surface area (Å²) in [6.07, 6.45) is 6.42. The fraction of sp³-hybridized carbons (Fsp3) is 0.714. The van der Waals surface area contributed by atoms with E-state index in [1.54, 1.807) is 7.11 Å². The number of methoxy groups -OCH3 is 1. The molecule has 0 radical (unpaired) electrons. The molecule has 106 valence electrons. The molecule has 19 heavy (non-hydrogen) atoms. The predicted octanol–water partition coefficient (Wildman–Crippen LogP) is 2.47. The summed E-state index contributed by atoms with van der Waals surface area (Å²) in [7, 11) is 1.58. The van der Waals surface area contributed by atoms with Crippen LogP contribution in [0.25, 0.3) is 0 Å². The monoisotopic (exact) mass is 264 g/mol. The van der Waals surface area contributed by atoms with Gasteiger partial charge in [-0.2, -0.15) is 4.98 Å². The maximum Gasteiger partial charge on any atom is 0.242 e. The molecular weight excluding hydrogens is 240 g/mol. The molecule has 0 aliphatic carbocycles. The highest BCUT2D eigenvalue weighted by molar-refractivity contribution is 5.67. The molecule has 0 unspecified atom stereocenters. The van der Waals surface area contributed by atoms with Gasteiger partial charge in [-0.05, 0) is 18.3 Å². The normalized spacial score (nSPS) is 18.4. The molecule has 2 heterocycles. The van der Waals surface area contributed by atoms with Crippen LogP contribution in [0.3, 0.4) is 0 Å². The Bertz CT molecular complexity index is 421. The number of hydrogen-bond acceptors (Lipinski definition) is 5. The molecule has 0 bridgehead atoms. The van der Waals surface area contributed by atoms with E-state index >= 15 is 0 Å². The molecule has 0 spiro atoms. The van der Waals surface area contributed by atoms with Crippen molar-refractivity contribution >= 4 is 11.5 Å². The quantitative estimate of drug-likeness (QED) is 0.905. The van der Waals surface area contributed by atoms with Gasteiger partial charge in [-0.1, -0.05) is 26.7 Å². The lowest BCUT2D eigenvalue weighted by Crippen LogP contribution is -2.40. The van der Waals surface area contributed by atoms with Crippen LogP contribution in [-0.2, 0) is 0 Å². The molecule has 0 saturated carbocycles. The van der Waals surface area contributed by atoms with E-state index in [1.165, 1.54) is 32.0 Å². The topological polar surface area (TPSA) is 64.3 Å². The van der Waals surface area contributed by atoms with E-state index in [2.05, 4.69) is 28.7 Å². The molecule has 1 aromatic rings. The standard InChI is InChI=1S/C14H24N4O/c1-4-14(5-2)6-8-18(9-7-14)12-11(15)13(19-3)17-10-16-12/h10H,4-9,15H2,1-3H3. The summed E-state index contributed by atoms with van der Waals surface area (Å²) in [6, 6.07) is 0. The number of ether oxygens (including phenoxy) is 1. The van der Waals surface area contributed by atoms with E-state index in [4.69, 9.17) is 10.5 Å². The van der Waals surface area contributed by atoms with Crippen molar-refractivity contribution in [1.29, 1.82) is 0 Å². The van der Waals surface area contributed by atoms with Gasteiger partial charge in [0.05, 0.1) is 7.11 Å².